The van der Waals surface area contributed by atoms with Crippen LogP contribution in [-0.2, 0) is 9.59 Å². The Labute approximate surface area is 131 Å². The third kappa shape index (κ3) is 6.70. The molecule has 0 amide bonds. The van der Waals surface area contributed by atoms with Gasteiger partial charge in [-0.3, -0.25) is 0 Å². The Balaban J connectivity index is 0.000000379. The molecule has 1 aliphatic rings. The average molecular weight is 326 g/mol. The quantitative estimate of drug-likeness (QED) is 0.403. The van der Waals surface area contributed by atoms with Gasteiger partial charge in [0.2, 0.25) is 0 Å². The smallest absolute Gasteiger partial charge is 0.414 e. The van der Waals surface area contributed by atoms with Crippen molar-refractivity contribution in [2.75, 3.05) is 31.5 Å². The van der Waals surface area contributed by atoms with Crippen molar-refractivity contribution in [1.82, 2.24) is 9.88 Å². The van der Waals surface area contributed by atoms with Crippen molar-refractivity contribution in [3.63, 3.8) is 0 Å². The second kappa shape index (κ2) is 9.30. The van der Waals surface area contributed by atoms with Crippen molar-refractivity contribution >= 4 is 23.4 Å². The summed E-state index contributed by atoms with van der Waals surface area (Å²) in [5.41, 5.74) is 0.497. The zero-order chi connectivity index (χ0) is 17.2. The van der Waals surface area contributed by atoms with Crippen molar-refractivity contribution < 1.29 is 24.7 Å². The van der Waals surface area contributed by atoms with E-state index in [0.717, 1.165) is 19.6 Å². The van der Waals surface area contributed by atoms with E-state index in [1.54, 1.807) is 12.1 Å². The number of nitro groups is 1. The number of nitrogens with zero attached hydrogens (tertiary/aromatic N) is 3. The summed E-state index contributed by atoms with van der Waals surface area (Å²) in [6, 6.07) is 3.39. The molecule has 0 radical (unpaired) electrons. The number of hydrogen-bond donors (Lipinski definition) is 3. The average Bonchev–Trinajstić information content (AvgIpc) is 3.01. The molecule has 2 rings (SSSR count). The minimum Gasteiger partial charge on any atom is -0.473 e. The lowest BCUT2D eigenvalue weighted by Crippen LogP contribution is -2.26. The Morgan fingerprint density at radius 1 is 1.30 bits per heavy atom. The maximum absolute atomic E-state index is 10.7. The fraction of sp³-hybridized carbons (Fsp3) is 0.462. The normalized spacial score (nSPS) is 13.7. The Morgan fingerprint density at radius 3 is 2.43 bits per heavy atom. The summed E-state index contributed by atoms with van der Waals surface area (Å²) >= 11 is 0. The van der Waals surface area contributed by atoms with Crippen molar-refractivity contribution in [2.24, 2.45) is 0 Å². The van der Waals surface area contributed by atoms with E-state index >= 15 is 0 Å². The molecule has 0 atom stereocenters. The number of pyridine rings is 1. The number of hydrogen-bond acceptors (Lipinski definition) is 7. The van der Waals surface area contributed by atoms with Crippen molar-refractivity contribution in [3.8, 4) is 0 Å². The number of aliphatic carboxylic acids is 2. The van der Waals surface area contributed by atoms with Gasteiger partial charge < -0.3 is 30.5 Å². The first-order valence-corrected chi connectivity index (χ1v) is 6.93. The van der Waals surface area contributed by atoms with Crippen LogP contribution in [-0.4, -0.2) is 63.1 Å². The van der Waals surface area contributed by atoms with Gasteiger partial charge in [-0.1, -0.05) is 0 Å². The predicted molar refractivity (Wildman–Crippen MR) is 80.3 cm³/mol. The molecule has 1 aliphatic heterocycles. The SMILES string of the molecule is O=C(O)C(=O)O.O=[N+]([O-])c1ncccc1NCCN1CCCC1. The van der Waals surface area contributed by atoms with E-state index in [1.165, 1.54) is 19.0 Å². The number of rotatable bonds is 5. The second-order valence-electron chi connectivity index (χ2n) is 4.72. The minimum atomic E-state index is -1.82. The van der Waals surface area contributed by atoms with E-state index in [9.17, 15) is 10.1 Å². The van der Waals surface area contributed by atoms with Gasteiger partial charge in [0.1, 0.15) is 11.9 Å². The molecule has 0 aliphatic carbocycles. The zero-order valence-corrected chi connectivity index (χ0v) is 12.3. The number of aromatic nitrogens is 1. The van der Waals surface area contributed by atoms with Crippen LogP contribution in [0.1, 0.15) is 12.8 Å². The van der Waals surface area contributed by atoms with Crippen LogP contribution in [0.3, 0.4) is 0 Å². The molecule has 126 valence electrons. The maximum Gasteiger partial charge on any atom is 0.414 e. The molecule has 3 N–H and O–H groups in total. The number of nitrogens with one attached hydrogen (secondary N) is 1. The topological polar surface area (TPSA) is 146 Å². The van der Waals surface area contributed by atoms with Crippen LogP contribution in [0.5, 0.6) is 0 Å². The lowest BCUT2D eigenvalue weighted by Gasteiger charge is -2.14. The molecule has 23 heavy (non-hydrogen) atoms. The summed E-state index contributed by atoms with van der Waals surface area (Å²) in [6.45, 7) is 3.91. The molecule has 0 unspecified atom stereocenters. The van der Waals surface area contributed by atoms with Crippen LogP contribution in [0, 0.1) is 10.1 Å². The van der Waals surface area contributed by atoms with E-state index < -0.39 is 16.9 Å². The predicted octanol–water partition coefficient (Wildman–Crippen LogP) is 0.653. The number of anilines is 1. The first-order chi connectivity index (χ1) is 10.9. The standard InChI is InChI=1S/C11H16N4O2.C2H2O4/c16-15(17)11-10(4-3-5-13-11)12-6-9-14-7-1-2-8-14;3-1(4)2(5)6/h3-5,12H,1-2,6-9H2;(H,3,4)(H,5,6). The number of carbonyl (C=O) groups is 2. The molecule has 0 aromatic carbocycles. The Kier molecular flexibility index (Phi) is 7.40. The van der Waals surface area contributed by atoms with E-state index in [-0.39, 0.29) is 5.82 Å². The summed E-state index contributed by atoms with van der Waals surface area (Å²) in [7, 11) is 0. The molecule has 1 fully saturated rings. The van der Waals surface area contributed by atoms with Gasteiger partial charge in [0.15, 0.2) is 0 Å². The fourth-order valence-electron chi connectivity index (χ4n) is 2.04. The van der Waals surface area contributed by atoms with Gasteiger partial charge in [-0.05, 0) is 48.0 Å². The molecular weight excluding hydrogens is 308 g/mol. The van der Waals surface area contributed by atoms with Crippen LogP contribution in [0.2, 0.25) is 0 Å². The van der Waals surface area contributed by atoms with Gasteiger partial charge in [-0.25, -0.2) is 9.59 Å². The number of carboxylic acids is 2. The highest BCUT2D eigenvalue weighted by Gasteiger charge is 2.14. The van der Waals surface area contributed by atoms with Gasteiger partial charge in [-0.2, -0.15) is 0 Å². The molecule has 0 spiro atoms. The van der Waals surface area contributed by atoms with Crippen LogP contribution >= 0.6 is 0 Å². The monoisotopic (exact) mass is 326 g/mol. The summed E-state index contributed by atoms with van der Waals surface area (Å²) in [4.78, 5) is 34.6. The van der Waals surface area contributed by atoms with Crippen molar-refractivity contribution in [2.45, 2.75) is 12.8 Å². The largest absolute Gasteiger partial charge is 0.473 e. The van der Waals surface area contributed by atoms with Crippen LogP contribution in [0.4, 0.5) is 11.5 Å². The number of carboxylic acid groups (broad SMARTS) is 2. The lowest BCUT2D eigenvalue weighted by molar-refractivity contribution is -0.388. The summed E-state index contributed by atoms with van der Waals surface area (Å²) < 4.78 is 0. The number of likely N-dealkylation sites (tertiary alicyclic amines) is 1. The molecular formula is C13H18N4O6. The highest BCUT2D eigenvalue weighted by Crippen LogP contribution is 2.19. The highest BCUT2D eigenvalue weighted by atomic mass is 16.6. The molecule has 10 nitrogen and oxygen atoms in total. The fourth-order valence-corrected chi connectivity index (χ4v) is 2.04. The third-order valence-corrected chi connectivity index (χ3v) is 3.08. The molecule has 10 heteroatoms. The minimum absolute atomic E-state index is 0.103. The summed E-state index contributed by atoms with van der Waals surface area (Å²) in [6.07, 6.45) is 3.95. The Hall–Kier alpha value is -2.75. The third-order valence-electron chi connectivity index (χ3n) is 3.08. The summed E-state index contributed by atoms with van der Waals surface area (Å²) in [5.74, 6) is -3.75. The molecule has 2 heterocycles. The second-order valence-corrected chi connectivity index (χ2v) is 4.72. The zero-order valence-electron chi connectivity index (χ0n) is 12.3. The van der Waals surface area contributed by atoms with Gasteiger partial charge in [0, 0.05) is 13.1 Å². The molecule has 1 saturated heterocycles. The molecule has 0 saturated carbocycles. The highest BCUT2D eigenvalue weighted by molar-refractivity contribution is 6.27. The van der Waals surface area contributed by atoms with E-state index in [2.05, 4.69) is 15.2 Å². The summed E-state index contributed by atoms with van der Waals surface area (Å²) in [5, 5.41) is 28.6. The van der Waals surface area contributed by atoms with E-state index in [0.29, 0.717) is 12.2 Å². The Bertz CT molecular complexity index is 547. The van der Waals surface area contributed by atoms with Crippen LogP contribution in [0.15, 0.2) is 18.3 Å². The van der Waals surface area contributed by atoms with Crippen molar-refractivity contribution in [3.05, 3.63) is 28.4 Å². The maximum atomic E-state index is 10.7. The van der Waals surface area contributed by atoms with E-state index in [1.807, 2.05) is 0 Å². The van der Waals surface area contributed by atoms with Crippen LogP contribution < -0.4 is 5.32 Å². The Morgan fingerprint density at radius 2 is 1.91 bits per heavy atom. The van der Waals surface area contributed by atoms with Crippen molar-refractivity contribution in [1.29, 1.82) is 0 Å². The molecule has 1 aromatic heterocycles. The van der Waals surface area contributed by atoms with Gasteiger partial charge in [0.05, 0.1) is 0 Å². The van der Waals surface area contributed by atoms with E-state index in [4.69, 9.17) is 19.8 Å². The van der Waals surface area contributed by atoms with Gasteiger partial charge in [-0.15, -0.1) is 0 Å². The van der Waals surface area contributed by atoms with Gasteiger partial charge in [0.25, 0.3) is 0 Å². The van der Waals surface area contributed by atoms with Crippen LogP contribution in [0.25, 0.3) is 0 Å². The lowest BCUT2D eigenvalue weighted by atomic mass is 10.4. The first-order valence-electron chi connectivity index (χ1n) is 6.93. The van der Waals surface area contributed by atoms with Gasteiger partial charge >= 0.3 is 17.8 Å². The molecule has 1 aromatic rings. The first kappa shape index (κ1) is 18.3. The molecule has 0 bridgehead atoms.